The first-order valence-electron chi connectivity index (χ1n) is 7.13. The van der Waals surface area contributed by atoms with Gasteiger partial charge in [0.2, 0.25) is 0 Å². The molecule has 4 heteroatoms. The van der Waals surface area contributed by atoms with Gasteiger partial charge in [-0.2, -0.15) is 11.8 Å². The number of hydrogen-bond acceptors (Lipinski definition) is 4. The summed E-state index contributed by atoms with van der Waals surface area (Å²) in [6.45, 7) is 0. The minimum atomic E-state index is -0.427. The van der Waals surface area contributed by atoms with E-state index < -0.39 is 5.54 Å². The van der Waals surface area contributed by atoms with E-state index in [0.717, 1.165) is 24.5 Å². The maximum absolute atomic E-state index is 12.0. The molecule has 2 rings (SSSR count). The highest BCUT2D eigenvalue weighted by atomic mass is 32.2. The zero-order chi connectivity index (χ0) is 13.0. The number of hydrogen-bond donors (Lipinski definition) is 1. The minimum absolute atomic E-state index is 0.0817. The molecular formula is C14H25NO2S. The van der Waals surface area contributed by atoms with Crippen molar-refractivity contribution < 1.29 is 9.53 Å². The topological polar surface area (TPSA) is 38.3 Å². The van der Waals surface area contributed by atoms with E-state index in [9.17, 15) is 4.79 Å². The predicted molar refractivity (Wildman–Crippen MR) is 75.9 cm³/mol. The van der Waals surface area contributed by atoms with Crippen LogP contribution < -0.4 is 5.32 Å². The van der Waals surface area contributed by atoms with E-state index in [1.54, 1.807) is 0 Å². The molecule has 0 spiro atoms. The van der Waals surface area contributed by atoms with E-state index in [1.165, 1.54) is 39.2 Å². The van der Waals surface area contributed by atoms with Gasteiger partial charge in [0.1, 0.15) is 5.54 Å². The van der Waals surface area contributed by atoms with E-state index in [-0.39, 0.29) is 5.97 Å². The second-order valence-corrected chi connectivity index (χ2v) is 7.19. The first-order chi connectivity index (χ1) is 8.70. The van der Waals surface area contributed by atoms with Gasteiger partial charge in [-0.1, -0.05) is 12.8 Å². The Kier molecular flexibility index (Phi) is 4.96. The molecule has 0 amide bonds. The van der Waals surface area contributed by atoms with Gasteiger partial charge in [-0.05, 0) is 45.6 Å². The zero-order valence-corrected chi connectivity index (χ0v) is 12.4. The fourth-order valence-electron chi connectivity index (χ4n) is 3.35. The van der Waals surface area contributed by atoms with Crippen molar-refractivity contribution in [3.8, 4) is 0 Å². The smallest absolute Gasteiger partial charge is 0.326 e. The largest absolute Gasteiger partial charge is 0.468 e. The average molecular weight is 271 g/mol. The monoisotopic (exact) mass is 271 g/mol. The van der Waals surface area contributed by atoms with E-state index in [2.05, 4.69) is 17.1 Å². The van der Waals surface area contributed by atoms with Gasteiger partial charge >= 0.3 is 5.97 Å². The third kappa shape index (κ3) is 3.02. The fourth-order valence-corrected chi connectivity index (χ4v) is 5.18. The molecule has 2 aliphatic rings. The summed E-state index contributed by atoms with van der Waals surface area (Å²) >= 11 is 2.13. The van der Waals surface area contributed by atoms with Crippen LogP contribution in [-0.4, -0.2) is 36.2 Å². The highest BCUT2D eigenvalue weighted by Gasteiger charge is 2.43. The molecule has 0 aliphatic heterocycles. The van der Waals surface area contributed by atoms with Gasteiger partial charge in [-0.15, -0.1) is 0 Å². The van der Waals surface area contributed by atoms with Gasteiger partial charge in [-0.25, -0.2) is 0 Å². The molecule has 0 aromatic heterocycles. The molecule has 2 fully saturated rings. The Morgan fingerprint density at radius 3 is 2.50 bits per heavy atom. The number of nitrogens with one attached hydrogen (secondary N) is 1. The maximum Gasteiger partial charge on any atom is 0.326 e. The summed E-state index contributed by atoms with van der Waals surface area (Å²) in [5.74, 6) is -0.0817. The summed E-state index contributed by atoms with van der Waals surface area (Å²) in [6.07, 6.45) is 9.73. The summed E-state index contributed by atoms with van der Waals surface area (Å²) in [6, 6.07) is 0. The molecule has 1 N–H and O–H groups in total. The number of carbonyl (C=O) groups excluding carboxylic acids is 1. The van der Waals surface area contributed by atoms with Crippen LogP contribution in [0, 0.1) is 0 Å². The lowest BCUT2D eigenvalue weighted by atomic mass is 9.81. The summed E-state index contributed by atoms with van der Waals surface area (Å²) in [5, 5.41) is 4.69. The second kappa shape index (κ2) is 6.29. The second-order valence-electron chi connectivity index (χ2n) is 5.58. The Bertz CT molecular complexity index is 292. The number of esters is 1. The highest BCUT2D eigenvalue weighted by Crippen LogP contribution is 2.41. The van der Waals surface area contributed by atoms with Crippen LogP contribution in [0.25, 0.3) is 0 Å². The first kappa shape index (κ1) is 14.2. The van der Waals surface area contributed by atoms with E-state index in [1.807, 2.05) is 7.05 Å². The van der Waals surface area contributed by atoms with Gasteiger partial charge in [0, 0.05) is 10.5 Å². The van der Waals surface area contributed by atoms with Crippen LogP contribution >= 0.6 is 11.8 Å². The van der Waals surface area contributed by atoms with Gasteiger partial charge < -0.3 is 10.1 Å². The van der Waals surface area contributed by atoms with Crippen molar-refractivity contribution in [2.24, 2.45) is 0 Å². The minimum Gasteiger partial charge on any atom is -0.468 e. The van der Waals surface area contributed by atoms with Crippen molar-refractivity contribution in [1.29, 1.82) is 0 Å². The summed E-state index contributed by atoms with van der Waals surface area (Å²) in [4.78, 5) is 12.0. The predicted octanol–water partition coefficient (Wildman–Crippen LogP) is 2.74. The van der Waals surface area contributed by atoms with Crippen LogP contribution in [-0.2, 0) is 9.53 Å². The summed E-state index contributed by atoms with van der Waals surface area (Å²) < 4.78 is 4.99. The SMILES string of the molecule is CNC1(C(=O)OC)CCCC(SC2CCCC2)C1. The lowest BCUT2D eigenvalue weighted by Crippen LogP contribution is -2.54. The zero-order valence-electron chi connectivity index (χ0n) is 11.5. The Balaban J connectivity index is 1.95. The fraction of sp³-hybridized carbons (Fsp3) is 0.929. The number of rotatable bonds is 4. The maximum atomic E-state index is 12.0. The molecule has 2 atom stereocenters. The molecule has 18 heavy (non-hydrogen) atoms. The molecule has 2 saturated carbocycles. The van der Waals surface area contributed by atoms with Crippen molar-refractivity contribution in [3.05, 3.63) is 0 Å². The molecule has 3 nitrogen and oxygen atoms in total. The third-order valence-electron chi connectivity index (χ3n) is 4.45. The van der Waals surface area contributed by atoms with Crippen molar-refractivity contribution in [3.63, 3.8) is 0 Å². The molecular weight excluding hydrogens is 246 g/mol. The third-order valence-corrected chi connectivity index (χ3v) is 6.09. The Hall–Kier alpha value is -0.220. The standard InChI is InChI=1S/C14H25NO2S/c1-15-14(13(16)17-2)9-5-8-12(10-14)18-11-6-3-4-7-11/h11-12,15H,3-10H2,1-2H3. The van der Waals surface area contributed by atoms with E-state index in [4.69, 9.17) is 4.74 Å². The van der Waals surface area contributed by atoms with E-state index in [0.29, 0.717) is 5.25 Å². The molecule has 0 aromatic rings. The molecule has 0 bridgehead atoms. The highest BCUT2D eigenvalue weighted by molar-refractivity contribution is 8.00. The Morgan fingerprint density at radius 2 is 1.89 bits per heavy atom. The summed E-state index contributed by atoms with van der Waals surface area (Å²) in [5.41, 5.74) is -0.427. The molecule has 2 aliphatic carbocycles. The van der Waals surface area contributed by atoms with Gasteiger partial charge in [-0.3, -0.25) is 4.79 Å². The molecule has 0 saturated heterocycles. The van der Waals surface area contributed by atoms with Crippen LogP contribution in [0.15, 0.2) is 0 Å². The van der Waals surface area contributed by atoms with Crippen molar-refractivity contribution >= 4 is 17.7 Å². The molecule has 0 radical (unpaired) electrons. The number of thioether (sulfide) groups is 1. The lowest BCUT2D eigenvalue weighted by molar-refractivity contribution is -0.149. The summed E-state index contributed by atoms with van der Waals surface area (Å²) in [7, 11) is 3.38. The van der Waals surface area contributed by atoms with Gasteiger partial charge in [0.25, 0.3) is 0 Å². The van der Waals surface area contributed by atoms with Crippen molar-refractivity contribution in [2.45, 2.75) is 67.4 Å². The Morgan fingerprint density at radius 1 is 1.22 bits per heavy atom. The van der Waals surface area contributed by atoms with Crippen LogP contribution in [0.4, 0.5) is 0 Å². The van der Waals surface area contributed by atoms with Gasteiger partial charge in [0.15, 0.2) is 0 Å². The van der Waals surface area contributed by atoms with Crippen molar-refractivity contribution in [2.75, 3.05) is 14.2 Å². The number of ether oxygens (including phenoxy) is 1. The number of methoxy groups -OCH3 is 1. The number of likely N-dealkylation sites (N-methyl/N-ethyl adjacent to an activating group) is 1. The van der Waals surface area contributed by atoms with E-state index >= 15 is 0 Å². The molecule has 104 valence electrons. The van der Waals surface area contributed by atoms with Crippen LogP contribution in [0.5, 0.6) is 0 Å². The normalized spacial score (nSPS) is 33.6. The average Bonchev–Trinajstić information content (AvgIpc) is 2.90. The van der Waals surface area contributed by atoms with Crippen molar-refractivity contribution in [1.82, 2.24) is 5.32 Å². The number of carbonyl (C=O) groups is 1. The lowest BCUT2D eigenvalue weighted by Gasteiger charge is -2.38. The quantitative estimate of drug-likeness (QED) is 0.798. The molecule has 2 unspecified atom stereocenters. The molecule has 0 aromatic carbocycles. The van der Waals surface area contributed by atoms with Crippen LogP contribution in [0.2, 0.25) is 0 Å². The van der Waals surface area contributed by atoms with Crippen LogP contribution in [0.3, 0.4) is 0 Å². The Labute approximate surface area is 114 Å². The van der Waals surface area contributed by atoms with Gasteiger partial charge in [0.05, 0.1) is 7.11 Å². The van der Waals surface area contributed by atoms with Crippen LogP contribution in [0.1, 0.15) is 51.4 Å². The molecule has 0 heterocycles. The first-order valence-corrected chi connectivity index (χ1v) is 8.07.